The molecule has 108 valence electrons. The van der Waals surface area contributed by atoms with Crippen LogP contribution in [0.15, 0.2) is 18.2 Å². The number of nitrogens with one attached hydrogen (secondary N) is 1. The van der Waals surface area contributed by atoms with E-state index in [1.807, 2.05) is 0 Å². The summed E-state index contributed by atoms with van der Waals surface area (Å²) in [5.41, 5.74) is 6.15. The van der Waals surface area contributed by atoms with E-state index >= 15 is 0 Å². The molecule has 7 heteroatoms. The maximum absolute atomic E-state index is 11.8. The fourth-order valence-electron chi connectivity index (χ4n) is 2.16. The number of benzene rings is 1. The number of nitrogen functional groups attached to an aromatic ring is 1. The number of nitro groups is 1. The molecule has 0 aromatic heterocycles. The van der Waals surface area contributed by atoms with E-state index in [0.29, 0.717) is 12.1 Å². The second kappa shape index (κ2) is 6.33. The van der Waals surface area contributed by atoms with E-state index in [-0.39, 0.29) is 29.8 Å². The molecule has 1 saturated heterocycles. The monoisotopic (exact) mass is 279 g/mol. The van der Waals surface area contributed by atoms with Crippen LogP contribution >= 0.6 is 0 Å². The summed E-state index contributed by atoms with van der Waals surface area (Å²) in [7, 11) is 0. The van der Waals surface area contributed by atoms with Gasteiger partial charge in [-0.25, -0.2) is 0 Å². The summed E-state index contributed by atoms with van der Waals surface area (Å²) >= 11 is 0. The van der Waals surface area contributed by atoms with Gasteiger partial charge in [0.25, 0.3) is 5.69 Å². The molecule has 0 radical (unpaired) electrons. The van der Waals surface area contributed by atoms with Crippen molar-refractivity contribution >= 4 is 17.3 Å². The fourth-order valence-corrected chi connectivity index (χ4v) is 2.16. The highest BCUT2D eigenvalue weighted by atomic mass is 16.6. The molecular weight excluding hydrogens is 262 g/mol. The summed E-state index contributed by atoms with van der Waals surface area (Å²) in [6.45, 7) is 1.25. The molecule has 1 fully saturated rings. The van der Waals surface area contributed by atoms with Crippen LogP contribution in [0, 0.1) is 10.1 Å². The first-order valence-electron chi connectivity index (χ1n) is 6.47. The Morgan fingerprint density at radius 2 is 2.35 bits per heavy atom. The molecule has 1 aromatic carbocycles. The zero-order valence-corrected chi connectivity index (χ0v) is 11.0. The van der Waals surface area contributed by atoms with E-state index < -0.39 is 4.92 Å². The predicted octanol–water partition coefficient (Wildman–Crippen LogP) is 1.01. The quantitative estimate of drug-likeness (QED) is 0.475. The number of ether oxygens (including phenoxy) is 1. The van der Waals surface area contributed by atoms with Gasteiger partial charge in [0.1, 0.15) is 5.69 Å². The number of carbonyl (C=O) groups is 1. The Bertz CT molecular complexity index is 512. The zero-order chi connectivity index (χ0) is 14.5. The number of hydrogen-bond acceptors (Lipinski definition) is 5. The topological polar surface area (TPSA) is 107 Å². The lowest BCUT2D eigenvalue weighted by Gasteiger charge is -2.10. The van der Waals surface area contributed by atoms with Crippen LogP contribution in [0.25, 0.3) is 0 Å². The van der Waals surface area contributed by atoms with Gasteiger partial charge < -0.3 is 15.8 Å². The van der Waals surface area contributed by atoms with E-state index in [4.69, 9.17) is 10.5 Å². The summed E-state index contributed by atoms with van der Waals surface area (Å²) in [5, 5.41) is 13.4. The molecule has 1 unspecified atom stereocenters. The van der Waals surface area contributed by atoms with Crippen molar-refractivity contribution in [3.8, 4) is 0 Å². The summed E-state index contributed by atoms with van der Waals surface area (Å²) in [4.78, 5) is 21.9. The molecule has 0 aliphatic carbocycles. The standard InChI is InChI=1S/C13H17N3O4/c14-11-6-9(3-4-12(11)16(18)19)7-13(17)15-8-10-2-1-5-20-10/h3-4,6,10H,1-2,5,7-8,14H2,(H,15,17). The van der Waals surface area contributed by atoms with E-state index in [1.54, 1.807) is 6.07 Å². The van der Waals surface area contributed by atoms with Gasteiger partial charge in [-0.15, -0.1) is 0 Å². The minimum Gasteiger partial charge on any atom is -0.393 e. The Kier molecular flexibility index (Phi) is 4.52. The van der Waals surface area contributed by atoms with Crippen LogP contribution < -0.4 is 11.1 Å². The normalized spacial score (nSPS) is 17.9. The molecule has 0 spiro atoms. The molecule has 2 rings (SSSR count). The lowest BCUT2D eigenvalue weighted by Crippen LogP contribution is -2.32. The third kappa shape index (κ3) is 3.67. The average molecular weight is 279 g/mol. The highest BCUT2D eigenvalue weighted by Gasteiger charge is 2.17. The molecule has 1 aliphatic rings. The number of nitro benzene ring substituents is 1. The van der Waals surface area contributed by atoms with Crippen LogP contribution in [0.1, 0.15) is 18.4 Å². The van der Waals surface area contributed by atoms with Crippen LogP contribution in [0.2, 0.25) is 0 Å². The first kappa shape index (κ1) is 14.3. The molecule has 1 heterocycles. The van der Waals surface area contributed by atoms with Gasteiger partial charge >= 0.3 is 0 Å². The molecule has 0 saturated carbocycles. The minimum absolute atomic E-state index is 0.0689. The Labute approximate surface area is 116 Å². The van der Waals surface area contributed by atoms with Gasteiger partial charge in [-0.1, -0.05) is 6.07 Å². The van der Waals surface area contributed by atoms with Gasteiger partial charge in [0.05, 0.1) is 17.4 Å². The molecule has 1 atom stereocenters. The van der Waals surface area contributed by atoms with Gasteiger partial charge in [-0.2, -0.15) is 0 Å². The van der Waals surface area contributed by atoms with Gasteiger partial charge in [-0.05, 0) is 24.5 Å². The number of rotatable bonds is 5. The largest absolute Gasteiger partial charge is 0.393 e. The number of carbonyl (C=O) groups excluding carboxylic acids is 1. The number of nitrogens with zero attached hydrogens (tertiary/aromatic N) is 1. The van der Waals surface area contributed by atoms with Crippen molar-refractivity contribution in [2.24, 2.45) is 0 Å². The number of nitrogens with two attached hydrogens (primary N) is 1. The predicted molar refractivity (Wildman–Crippen MR) is 73.2 cm³/mol. The Morgan fingerprint density at radius 1 is 1.55 bits per heavy atom. The third-order valence-corrected chi connectivity index (χ3v) is 3.20. The number of anilines is 1. The van der Waals surface area contributed by atoms with Crippen molar-refractivity contribution in [1.29, 1.82) is 0 Å². The van der Waals surface area contributed by atoms with Crippen molar-refractivity contribution in [2.75, 3.05) is 18.9 Å². The van der Waals surface area contributed by atoms with Crippen molar-refractivity contribution in [1.82, 2.24) is 5.32 Å². The average Bonchev–Trinajstić information content (AvgIpc) is 2.89. The zero-order valence-electron chi connectivity index (χ0n) is 11.0. The smallest absolute Gasteiger partial charge is 0.292 e. The van der Waals surface area contributed by atoms with Crippen LogP contribution in [0.4, 0.5) is 11.4 Å². The Balaban J connectivity index is 1.87. The van der Waals surface area contributed by atoms with Gasteiger partial charge in [0.15, 0.2) is 0 Å². The van der Waals surface area contributed by atoms with E-state index in [1.165, 1.54) is 12.1 Å². The molecule has 3 N–H and O–H groups in total. The van der Waals surface area contributed by atoms with Gasteiger partial charge in [-0.3, -0.25) is 14.9 Å². The summed E-state index contributed by atoms with van der Waals surface area (Å²) in [6.07, 6.45) is 2.24. The highest BCUT2D eigenvalue weighted by molar-refractivity contribution is 5.79. The lowest BCUT2D eigenvalue weighted by atomic mass is 10.1. The van der Waals surface area contributed by atoms with Crippen molar-refractivity contribution in [3.05, 3.63) is 33.9 Å². The van der Waals surface area contributed by atoms with Gasteiger partial charge in [0, 0.05) is 19.2 Å². The maximum atomic E-state index is 11.8. The lowest BCUT2D eigenvalue weighted by molar-refractivity contribution is -0.383. The highest BCUT2D eigenvalue weighted by Crippen LogP contribution is 2.22. The summed E-state index contributed by atoms with van der Waals surface area (Å²) < 4.78 is 5.41. The molecule has 7 nitrogen and oxygen atoms in total. The molecule has 20 heavy (non-hydrogen) atoms. The van der Waals surface area contributed by atoms with Crippen molar-refractivity contribution in [2.45, 2.75) is 25.4 Å². The summed E-state index contributed by atoms with van der Waals surface area (Å²) in [5.74, 6) is -0.145. The third-order valence-electron chi connectivity index (χ3n) is 3.20. The molecule has 1 aliphatic heterocycles. The number of hydrogen-bond donors (Lipinski definition) is 2. The van der Waals surface area contributed by atoms with Gasteiger partial charge in [0.2, 0.25) is 5.91 Å². The van der Waals surface area contributed by atoms with E-state index in [0.717, 1.165) is 19.4 Å². The van der Waals surface area contributed by atoms with Crippen molar-refractivity contribution < 1.29 is 14.5 Å². The van der Waals surface area contributed by atoms with Crippen LogP contribution in [0.5, 0.6) is 0 Å². The van der Waals surface area contributed by atoms with Crippen molar-refractivity contribution in [3.63, 3.8) is 0 Å². The fraction of sp³-hybridized carbons (Fsp3) is 0.462. The Hall–Kier alpha value is -2.15. The summed E-state index contributed by atoms with van der Waals surface area (Å²) in [6, 6.07) is 4.32. The second-order valence-electron chi connectivity index (χ2n) is 4.77. The second-order valence-corrected chi connectivity index (χ2v) is 4.77. The van der Waals surface area contributed by atoms with Crippen LogP contribution in [0.3, 0.4) is 0 Å². The number of amides is 1. The molecule has 1 aromatic rings. The van der Waals surface area contributed by atoms with E-state index in [9.17, 15) is 14.9 Å². The maximum Gasteiger partial charge on any atom is 0.292 e. The molecular formula is C13H17N3O4. The first-order chi connectivity index (χ1) is 9.56. The molecule has 0 bridgehead atoms. The van der Waals surface area contributed by atoms with Crippen LogP contribution in [-0.2, 0) is 16.0 Å². The first-order valence-corrected chi connectivity index (χ1v) is 6.47. The minimum atomic E-state index is -0.545. The SMILES string of the molecule is Nc1cc(CC(=O)NCC2CCCO2)ccc1[N+](=O)[O-]. The molecule has 1 amide bonds. The van der Waals surface area contributed by atoms with E-state index in [2.05, 4.69) is 5.32 Å². The Morgan fingerprint density at radius 3 is 2.95 bits per heavy atom. The van der Waals surface area contributed by atoms with Crippen LogP contribution in [-0.4, -0.2) is 30.1 Å².